The minimum Gasteiger partial charge on any atom is -0.368 e. The number of aryl methyl sites for hydroxylation is 1. The number of halogens is 1. The molecule has 2 heterocycles. The first-order valence-electron chi connectivity index (χ1n) is 7.22. The summed E-state index contributed by atoms with van der Waals surface area (Å²) in [5.41, 5.74) is 2.33. The van der Waals surface area contributed by atoms with Crippen LogP contribution in [0.25, 0.3) is 0 Å². The number of nitrogens with zero attached hydrogens (tertiary/aromatic N) is 3. The number of para-hydroxylation sites is 1. The Balaban J connectivity index is 1.62. The Bertz CT molecular complexity index is 674. The van der Waals surface area contributed by atoms with Crippen LogP contribution in [0.2, 0.25) is 0 Å². The molecule has 1 aromatic carbocycles. The van der Waals surface area contributed by atoms with Crippen LogP contribution in [0.1, 0.15) is 22.6 Å². The second-order valence-corrected chi connectivity index (χ2v) is 6.25. The number of rotatable bonds is 3. The van der Waals surface area contributed by atoms with Crippen molar-refractivity contribution in [3.63, 3.8) is 0 Å². The van der Waals surface area contributed by atoms with Crippen molar-refractivity contribution in [1.82, 2.24) is 15.3 Å². The maximum Gasteiger partial charge on any atom is 0.271 e. The molecule has 22 heavy (non-hydrogen) atoms. The lowest BCUT2D eigenvalue weighted by Gasteiger charge is -2.20. The van der Waals surface area contributed by atoms with Gasteiger partial charge in [-0.05, 0) is 41.4 Å². The van der Waals surface area contributed by atoms with Crippen LogP contribution in [0.15, 0.2) is 41.1 Å². The van der Waals surface area contributed by atoms with Crippen molar-refractivity contribution in [2.45, 2.75) is 19.4 Å². The molecule has 1 aliphatic heterocycles. The lowest BCUT2D eigenvalue weighted by Crippen LogP contribution is -2.37. The van der Waals surface area contributed by atoms with Crippen LogP contribution < -0.4 is 10.2 Å². The standard InChI is InChI=1S/C16H17BrN4O/c1-11-8-19-14(9-18-11)16(22)20-12-6-7-21(10-12)15-5-3-2-4-13(15)17/h2-5,8-9,12H,6-7,10H2,1H3,(H,20,22). The molecule has 114 valence electrons. The van der Waals surface area contributed by atoms with E-state index in [1.165, 1.54) is 6.20 Å². The lowest BCUT2D eigenvalue weighted by atomic mass is 10.2. The number of nitrogens with one attached hydrogen (secondary N) is 1. The third kappa shape index (κ3) is 3.27. The third-order valence-electron chi connectivity index (χ3n) is 3.73. The van der Waals surface area contributed by atoms with Crippen molar-refractivity contribution in [2.24, 2.45) is 0 Å². The molecule has 3 rings (SSSR count). The monoisotopic (exact) mass is 360 g/mol. The molecule has 0 aliphatic carbocycles. The van der Waals surface area contributed by atoms with Gasteiger partial charge in [-0.25, -0.2) is 4.98 Å². The fraction of sp³-hybridized carbons (Fsp3) is 0.312. The van der Waals surface area contributed by atoms with Gasteiger partial charge in [-0.15, -0.1) is 0 Å². The summed E-state index contributed by atoms with van der Waals surface area (Å²) in [6.45, 7) is 3.57. The van der Waals surface area contributed by atoms with E-state index in [0.29, 0.717) is 5.69 Å². The summed E-state index contributed by atoms with van der Waals surface area (Å²) >= 11 is 3.57. The predicted octanol–water partition coefficient (Wildman–Crippen LogP) is 2.56. The van der Waals surface area contributed by atoms with E-state index in [1.807, 2.05) is 25.1 Å². The Labute approximate surface area is 137 Å². The number of hydrogen-bond donors (Lipinski definition) is 1. The van der Waals surface area contributed by atoms with Gasteiger partial charge in [-0.3, -0.25) is 9.78 Å². The molecule has 1 saturated heterocycles. The minimum absolute atomic E-state index is 0.128. The molecular weight excluding hydrogens is 344 g/mol. The van der Waals surface area contributed by atoms with Crippen LogP contribution in [-0.4, -0.2) is 35.0 Å². The van der Waals surface area contributed by atoms with Crippen molar-refractivity contribution in [2.75, 3.05) is 18.0 Å². The van der Waals surface area contributed by atoms with Gasteiger partial charge in [0.15, 0.2) is 0 Å². The molecular formula is C16H17BrN4O. The Morgan fingerprint density at radius 2 is 2.14 bits per heavy atom. The molecule has 5 nitrogen and oxygen atoms in total. The van der Waals surface area contributed by atoms with Crippen molar-refractivity contribution in [3.8, 4) is 0 Å². The Morgan fingerprint density at radius 1 is 1.32 bits per heavy atom. The molecule has 0 radical (unpaired) electrons. The first-order chi connectivity index (χ1) is 10.6. The van der Waals surface area contributed by atoms with E-state index in [4.69, 9.17) is 0 Å². The van der Waals surface area contributed by atoms with Crippen LogP contribution in [0, 0.1) is 6.92 Å². The smallest absolute Gasteiger partial charge is 0.271 e. The van der Waals surface area contributed by atoms with Crippen LogP contribution in [-0.2, 0) is 0 Å². The van der Waals surface area contributed by atoms with Crippen LogP contribution in [0.3, 0.4) is 0 Å². The number of aromatic nitrogens is 2. The first-order valence-corrected chi connectivity index (χ1v) is 8.02. The largest absolute Gasteiger partial charge is 0.368 e. The Kier molecular flexibility index (Phi) is 4.38. The fourth-order valence-electron chi connectivity index (χ4n) is 2.57. The number of anilines is 1. The SMILES string of the molecule is Cc1cnc(C(=O)NC2CCN(c3ccccc3Br)C2)cn1. The zero-order valence-electron chi connectivity index (χ0n) is 12.3. The highest BCUT2D eigenvalue weighted by Gasteiger charge is 2.25. The molecule has 2 aromatic rings. The summed E-state index contributed by atoms with van der Waals surface area (Å²) in [6.07, 6.45) is 4.05. The van der Waals surface area contributed by atoms with E-state index in [9.17, 15) is 4.79 Å². The molecule has 6 heteroatoms. The van der Waals surface area contributed by atoms with Gasteiger partial charge in [0.1, 0.15) is 5.69 Å². The first kappa shape index (κ1) is 15.0. The van der Waals surface area contributed by atoms with Crippen LogP contribution in [0.5, 0.6) is 0 Å². The Morgan fingerprint density at radius 3 is 2.86 bits per heavy atom. The van der Waals surface area contributed by atoms with Gasteiger partial charge >= 0.3 is 0 Å². The van der Waals surface area contributed by atoms with Crippen molar-refractivity contribution >= 4 is 27.5 Å². The maximum atomic E-state index is 12.2. The zero-order valence-corrected chi connectivity index (χ0v) is 13.9. The Hall–Kier alpha value is -1.95. The van der Waals surface area contributed by atoms with Crippen molar-refractivity contribution < 1.29 is 4.79 Å². The summed E-state index contributed by atoms with van der Waals surface area (Å²) < 4.78 is 1.08. The summed E-state index contributed by atoms with van der Waals surface area (Å²) in [7, 11) is 0. The molecule has 1 amide bonds. The zero-order chi connectivity index (χ0) is 15.5. The van der Waals surface area contributed by atoms with E-state index in [0.717, 1.165) is 35.4 Å². The van der Waals surface area contributed by atoms with E-state index < -0.39 is 0 Å². The maximum absolute atomic E-state index is 12.2. The fourth-order valence-corrected chi connectivity index (χ4v) is 3.11. The third-order valence-corrected chi connectivity index (χ3v) is 4.40. The summed E-state index contributed by atoms with van der Waals surface area (Å²) in [5.74, 6) is -0.161. The second-order valence-electron chi connectivity index (χ2n) is 5.40. The van der Waals surface area contributed by atoms with Crippen molar-refractivity contribution in [1.29, 1.82) is 0 Å². The van der Waals surface area contributed by atoms with Crippen LogP contribution >= 0.6 is 15.9 Å². The van der Waals surface area contributed by atoms with E-state index in [2.05, 4.69) is 42.2 Å². The van der Waals surface area contributed by atoms with Gasteiger partial charge in [0, 0.05) is 29.8 Å². The van der Waals surface area contributed by atoms with E-state index in [1.54, 1.807) is 6.20 Å². The molecule has 1 fully saturated rings. The molecule has 0 spiro atoms. The number of amides is 1. The summed E-state index contributed by atoms with van der Waals surface area (Å²) in [5, 5.41) is 3.04. The van der Waals surface area contributed by atoms with Gasteiger partial charge in [-0.2, -0.15) is 0 Å². The van der Waals surface area contributed by atoms with Crippen LogP contribution in [0.4, 0.5) is 5.69 Å². The quantitative estimate of drug-likeness (QED) is 0.913. The lowest BCUT2D eigenvalue weighted by molar-refractivity contribution is 0.0935. The van der Waals surface area contributed by atoms with Crippen molar-refractivity contribution in [3.05, 3.63) is 52.5 Å². The molecule has 1 atom stereocenters. The molecule has 1 aromatic heterocycles. The summed E-state index contributed by atoms with van der Waals surface area (Å²) in [4.78, 5) is 22.7. The number of benzene rings is 1. The van der Waals surface area contributed by atoms with Gasteiger partial charge < -0.3 is 10.2 Å². The van der Waals surface area contributed by atoms with Gasteiger partial charge in [0.05, 0.1) is 17.6 Å². The number of carbonyl (C=O) groups is 1. The molecule has 1 unspecified atom stereocenters. The predicted molar refractivity (Wildman–Crippen MR) is 89.0 cm³/mol. The minimum atomic E-state index is -0.161. The average Bonchev–Trinajstić information content (AvgIpc) is 2.96. The molecule has 0 saturated carbocycles. The topological polar surface area (TPSA) is 58.1 Å². The molecule has 1 aliphatic rings. The summed E-state index contributed by atoms with van der Waals surface area (Å²) in [6, 6.07) is 8.26. The number of carbonyl (C=O) groups excluding carboxylic acids is 1. The number of hydrogen-bond acceptors (Lipinski definition) is 4. The van der Waals surface area contributed by atoms with E-state index in [-0.39, 0.29) is 11.9 Å². The highest BCUT2D eigenvalue weighted by Crippen LogP contribution is 2.28. The van der Waals surface area contributed by atoms with Gasteiger partial charge in [0.25, 0.3) is 5.91 Å². The highest BCUT2D eigenvalue weighted by atomic mass is 79.9. The normalized spacial score (nSPS) is 17.5. The highest BCUT2D eigenvalue weighted by molar-refractivity contribution is 9.10. The molecule has 1 N–H and O–H groups in total. The van der Waals surface area contributed by atoms with Gasteiger partial charge in [0.2, 0.25) is 0 Å². The van der Waals surface area contributed by atoms with Gasteiger partial charge in [-0.1, -0.05) is 12.1 Å². The molecule has 0 bridgehead atoms. The second kappa shape index (κ2) is 6.44. The van der Waals surface area contributed by atoms with E-state index >= 15 is 0 Å². The average molecular weight is 361 g/mol.